The van der Waals surface area contributed by atoms with Gasteiger partial charge in [-0.25, -0.2) is 4.98 Å². The summed E-state index contributed by atoms with van der Waals surface area (Å²) in [4.78, 5) is 32.0. The van der Waals surface area contributed by atoms with Crippen LogP contribution in [-0.2, 0) is 11.8 Å². The summed E-state index contributed by atoms with van der Waals surface area (Å²) in [6.45, 7) is 4.22. The predicted octanol–water partition coefficient (Wildman–Crippen LogP) is 2.80. The molecular weight excluding hydrogens is 372 g/mol. The first-order chi connectivity index (χ1) is 13.6. The van der Waals surface area contributed by atoms with Gasteiger partial charge in [0.25, 0.3) is 5.56 Å². The zero-order valence-electron chi connectivity index (χ0n) is 16.8. The lowest BCUT2D eigenvalue weighted by Crippen LogP contribution is -2.45. The average Bonchev–Trinajstić information content (AvgIpc) is 2.73. The number of anilines is 1. The number of carbonyl (C=O) groups is 1. The maximum atomic E-state index is 12.8. The predicted molar refractivity (Wildman–Crippen MR) is 117 cm³/mol. The molecular formula is C21H30N4O2S. The molecule has 0 aliphatic carbocycles. The van der Waals surface area contributed by atoms with Gasteiger partial charge in [-0.15, -0.1) is 0 Å². The van der Waals surface area contributed by atoms with E-state index in [1.54, 1.807) is 11.6 Å². The zero-order chi connectivity index (χ0) is 19.9. The Hall–Kier alpha value is -2.02. The van der Waals surface area contributed by atoms with Crippen molar-refractivity contribution in [1.29, 1.82) is 0 Å². The molecule has 0 spiro atoms. The molecule has 1 saturated heterocycles. The van der Waals surface area contributed by atoms with Crippen LogP contribution in [0, 0.1) is 5.92 Å². The van der Waals surface area contributed by atoms with Crippen LogP contribution < -0.4 is 15.8 Å². The standard InChI is InChI=1S/C21H30N4O2S/c1-3-13-28-14-7-11-22-20(26)16-8-6-12-25(15-16)19-21(27)24(2)18-10-5-4-9-17(18)23-19/h4-5,9-10,16H,3,6-8,11-15H2,1-2H3,(H,22,26). The van der Waals surface area contributed by atoms with Gasteiger partial charge < -0.3 is 14.8 Å². The van der Waals surface area contributed by atoms with Crippen molar-refractivity contribution < 1.29 is 4.79 Å². The van der Waals surface area contributed by atoms with Crippen molar-refractivity contribution in [2.24, 2.45) is 13.0 Å². The van der Waals surface area contributed by atoms with Crippen LogP contribution in [0.2, 0.25) is 0 Å². The molecule has 2 aromatic rings. The number of rotatable bonds is 8. The number of aryl methyl sites for hydroxylation is 1. The molecule has 1 unspecified atom stereocenters. The molecule has 28 heavy (non-hydrogen) atoms. The van der Waals surface area contributed by atoms with Crippen molar-refractivity contribution in [1.82, 2.24) is 14.9 Å². The van der Waals surface area contributed by atoms with E-state index in [0.717, 1.165) is 49.1 Å². The second-order valence-electron chi connectivity index (χ2n) is 7.33. The minimum Gasteiger partial charge on any atom is -0.356 e. The molecule has 1 amide bonds. The van der Waals surface area contributed by atoms with Crippen molar-refractivity contribution in [3.05, 3.63) is 34.6 Å². The number of amides is 1. The Morgan fingerprint density at radius 2 is 2.14 bits per heavy atom. The number of benzene rings is 1. The summed E-state index contributed by atoms with van der Waals surface area (Å²) >= 11 is 1.94. The molecule has 3 rings (SSSR count). The molecule has 1 aliphatic rings. The molecule has 2 heterocycles. The van der Waals surface area contributed by atoms with Crippen molar-refractivity contribution in [2.45, 2.75) is 32.6 Å². The van der Waals surface area contributed by atoms with Crippen LogP contribution in [0.5, 0.6) is 0 Å². The van der Waals surface area contributed by atoms with Crippen LogP contribution in [0.3, 0.4) is 0 Å². The summed E-state index contributed by atoms with van der Waals surface area (Å²) in [6, 6.07) is 7.65. The maximum absolute atomic E-state index is 12.8. The molecule has 1 N–H and O–H groups in total. The number of nitrogens with zero attached hydrogens (tertiary/aromatic N) is 3. The van der Waals surface area contributed by atoms with Crippen LogP contribution in [-0.4, -0.2) is 46.6 Å². The number of nitrogens with one attached hydrogen (secondary N) is 1. The SMILES string of the molecule is CCCSCCCNC(=O)C1CCCN(c2nc3ccccc3n(C)c2=O)C1. The first-order valence-corrected chi connectivity index (χ1v) is 11.3. The second kappa shape index (κ2) is 9.96. The van der Waals surface area contributed by atoms with E-state index in [9.17, 15) is 9.59 Å². The molecule has 152 valence electrons. The van der Waals surface area contributed by atoms with E-state index in [1.165, 1.54) is 12.2 Å². The van der Waals surface area contributed by atoms with Gasteiger partial charge in [0, 0.05) is 26.7 Å². The fraction of sp³-hybridized carbons (Fsp3) is 0.571. The number of carbonyl (C=O) groups excluding carboxylic acids is 1. The van der Waals surface area contributed by atoms with E-state index < -0.39 is 0 Å². The fourth-order valence-corrected chi connectivity index (χ4v) is 4.47. The number of fused-ring (bicyclic) bond motifs is 1. The van der Waals surface area contributed by atoms with E-state index in [-0.39, 0.29) is 17.4 Å². The van der Waals surface area contributed by atoms with Crippen LogP contribution >= 0.6 is 11.8 Å². The van der Waals surface area contributed by atoms with Gasteiger partial charge in [0.2, 0.25) is 5.91 Å². The Labute approximate surface area is 170 Å². The molecule has 1 aliphatic heterocycles. The first-order valence-electron chi connectivity index (χ1n) is 10.2. The lowest BCUT2D eigenvalue weighted by Gasteiger charge is -2.32. The van der Waals surface area contributed by atoms with Crippen molar-refractivity contribution in [2.75, 3.05) is 36.0 Å². The number of piperidine rings is 1. The maximum Gasteiger partial charge on any atom is 0.293 e. The van der Waals surface area contributed by atoms with Crippen molar-refractivity contribution in [3.8, 4) is 0 Å². The Balaban J connectivity index is 1.63. The van der Waals surface area contributed by atoms with Crippen LogP contribution in [0.25, 0.3) is 11.0 Å². The molecule has 0 radical (unpaired) electrons. The number of hydrogen-bond donors (Lipinski definition) is 1. The topological polar surface area (TPSA) is 67.2 Å². The highest BCUT2D eigenvalue weighted by Gasteiger charge is 2.28. The van der Waals surface area contributed by atoms with Gasteiger partial charge in [0.1, 0.15) is 0 Å². The van der Waals surface area contributed by atoms with Gasteiger partial charge in [-0.1, -0.05) is 19.1 Å². The first kappa shape index (κ1) is 20.7. The zero-order valence-corrected chi connectivity index (χ0v) is 17.6. The smallest absolute Gasteiger partial charge is 0.293 e. The summed E-state index contributed by atoms with van der Waals surface area (Å²) in [5.41, 5.74) is 1.52. The monoisotopic (exact) mass is 402 g/mol. The molecule has 1 atom stereocenters. The van der Waals surface area contributed by atoms with Gasteiger partial charge in [0.15, 0.2) is 5.82 Å². The second-order valence-corrected chi connectivity index (χ2v) is 8.56. The molecule has 7 heteroatoms. The van der Waals surface area contributed by atoms with E-state index in [2.05, 4.69) is 17.2 Å². The van der Waals surface area contributed by atoms with Gasteiger partial charge in [-0.2, -0.15) is 11.8 Å². The summed E-state index contributed by atoms with van der Waals surface area (Å²) in [5.74, 6) is 2.73. The number of hydrogen-bond acceptors (Lipinski definition) is 5. The Kier molecular flexibility index (Phi) is 7.36. The third-order valence-corrected chi connectivity index (χ3v) is 6.44. The minimum absolute atomic E-state index is 0.0879. The minimum atomic E-state index is -0.104. The van der Waals surface area contributed by atoms with Crippen molar-refractivity contribution in [3.63, 3.8) is 0 Å². The van der Waals surface area contributed by atoms with Gasteiger partial charge in [-0.05, 0) is 49.3 Å². The van der Waals surface area contributed by atoms with E-state index in [0.29, 0.717) is 12.4 Å². The number of aromatic nitrogens is 2. The summed E-state index contributed by atoms with van der Waals surface area (Å²) in [5, 5.41) is 3.07. The molecule has 6 nitrogen and oxygen atoms in total. The highest BCUT2D eigenvalue weighted by Crippen LogP contribution is 2.21. The Morgan fingerprint density at radius 3 is 2.96 bits per heavy atom. The molecule has 1 aromatic carbocycles. The summed E-state index contributed by atoms with van der Waals surface area (Å²) in [7, 11) is 1.78. The van der Waals surface area contributed by atoms with Crippen molar-refractivity contribution >= 4 is 34.5 Å². The largest absolute Gasteiger partial charge is 0.356 e. The van der Waals surface area contributed by atoms with Gasteiger partial charge in [-0.3, -0.25) is 9.59 Å². The van der Waals surface area contributed by atoms with Crippen LogP contribution in [0.15, 0.2) is 29.1 Å². The van der Waals surface area contributed by atoms with E-state index in [1.807, 2.05) is 40.9 Å². The Morgan fingerprint density at radius 1 is 1.32 bits per heavy atom. The highest BCUT2D eigenvalue weighted by atomic mass is 32.2. The van der Waals surface area contributed by atoms with Crippen LogP contribution in [0.1, 0.15) is 32.6 Å². The summed E-state index contributed by atoms with van der Waals surface area (Å²) in [6.07, 6.45) is 3.94. The highest BCUT2D eigenvalue weighted by molar-refractivity contribution is 7.99. The van der Waals surface area contributed by atoms with Gasteiger partial charge >= 0.3 is 0 Å². The van der Waals surface area contributed by atoms with Crippen LogP contribution in [0.4, 0.5) is 5.82 Å². The lowest BCUT2D eigenvalue weighted by atomic mass is 9.97. The summed E-state index contributed by atoms with van der Waals surface area (Å²) < 4.78 is 1.65. The quantitative estimate of drug-likeness (QED) is 0.688. The number of para-hydroxylation sites is 2. The normalized spacial score (nSPS) is 17.1. The molecule has 1 aromatic heterocycles. The Bertz CT molecular complexity index is 867. The molecule has 0 bridgehead atoms. The number of thioether (sulfide) groups is 1. The lowest BCUT2D eigenvalue weighted by molar-refractivity contribution is -0.125. The average molecular weight is 403 g/mol. The molecule has 0 saturated carbocycles. The fourth-order valence-electron chi connectivity index (χ4n) is 3.63. The van der Waals surface area contributed by atoms with E-state index in [4.69, 9.17) is 0 Å². The third-order valence-electron chi connectivity index (χ3n) is 5.17. The third kappa shape index (κ3) is 4.87. The molecule has 1 fully saturated rings. The van der Waals surface area contributed by atoms with Gasteiger partial charge in [0.05, 0.1) is 17.0 Å². The van der Waals surface area contributed by atoms with E-state index >= 15 is 0 Å².